The second-order valence-corrected chi connectivity index (χ2v) is 9.42. The molecule has 0 fully saturated rings. The van der Waals surface area contributed by atoms with E-state index in [1.807, 2.05) is 0 Å². The van der Waals surface area contributed by atoms with Crippen LogP contribution < -0.4 is 20.9 Å². The lowest BCUT2D eigenvalue weighted by Crippen LogP contribution is -2.36. The molecule has 3 aromatic carbocycles. The fourth-order valence-corrected chi connectivity index (χ4v) is 3.67. The van der Waals surface area contributed by atoms with E-state index in [1.165, 1.54) is 30.3 Å². The maximum absolute atomic E-state index is 14.7. The maximum Gasteiger partial charge on any atom is 0.453 e. The first-order valence-electron chi connectivity index (χ1n) is 12.7. The number of nitrogens with two attached hydrogens (primary N) is 2. The maximum atomic E-state index is 14.7. The van der Waals surface area contributed by atoms with Gasteiger partial charge in [0.2, 0.25) is 0 Å². The number of halogens is 7. The number of hydrogen-bond acceptors (Lipinski definition) is 6. The second-order valence-electron chi connectivity index (χ2n) is 9.42. The molecule has 1 atom stereocenters. The molecule has 0 aliphatic rings. The Kier molecular flexibility index (Phi) is 10.5. The third-order valence-electron chi connectivity index (χ3n) is 6.02. The van der Waals surface area contributed by atoms with Gasteiger partial charge in [0.1, 0.15) is 11.5 Å². The molecule has 0 aromatic heterocycles. The molecule has 0 saturated carbocycles. The van der Waals surface area contributed by atoms with Crippen molar-refractivity contribution in [3.05, 3.63) is 96.4 Å². The highest BCUT2D eigenvalue weighted by Crippen LogP contribution is 2.39. The number of alkyl halides is 7. The summed E-state index contributed by atoms with van der Waals surface area (Å²) in [5.74, 6) is -6.12. The number of ether oxygens (including phenoxy) is 3. The van der Waals surface area contributed by atoms with Gasteiger partial charge in [0.25, 0.3) is 0 Å². The van der Waals surface area contributed by atoms with Crippen LogP contribution in [0, 0.1) is 6.92 Å². The fourth-order valence-electron chi connectivity index (χ4n) is 3.67. The van der Waals surface area contributed by atoms with Gasteiger partial charge in [0.05, 0.1) is 18.8 Å². The highest BCUT2D eigenvalue weighted by atomic mass is 19.4. The molecule has 0 heterocycles. The van der Waals surface area contributed by atoms with Crippen LogP contribution in [0.4, 0.5) is 42.1 Å². The number of anilines is 2. The van der Waals surface area contributed by atoms with Crippen LogP contribution in [0.25, 0.3) is 6.08 Å². The minimum absolute atomic E-state index is 0.0478. The van der Waals surface area contributed by atoms with E-state index in [9.17, 15) is 35.5 Å². The first-order valence-corrected chi connectivity index (χ1v) is 12.7. The van der Waals surface area contributed by atoms with Crippen molar-refractivity contribution in [3.63, 3.8) is 0 Å². The number of carbonyl (C=O) groups is 1. The Morgan fingerprint density at radius 3 is 2.12 bits per heavy atom. The smallest absolute Gasteiger partial charge is 0.453 e. The molecule has 3 rings (SSSR count). The van der Waals surface area contributed by atoms with Crippen molar-refractivity contribution in [1.29, 1.82) is 0 Å². The van der Waals surface area contributed by atoms with Crippen LogP contribution in [0.15, 0.2) is 72.8 Å². The molecule has 13 heteroatoms. The summed E-state index contributed by atoms with van der Waals surface area (Å²) in [6.45, 7) is 3.44. The molecule has 4 N–H and O–H groups in total. The number of rotatable bonds is 13. The van der Waals surface area contributed by atoms with Crippen LogP contribution in [0.2, 0.25) is 0 Å². The minimum atomic E-state index is -5.64. The summed E-state index contributed by atoms with van der Waals surface area (Å²) >= 11 is 0. The van der Waals surface area contributed by atoms with Gasteiger partial charge < -0.3 is 25.7 Å². The molecule has 231 valence electrons. The number of benzene rings is 3. The predicted octanol–water partition coefficient (Wildman–Crippen LogP) is 7.51. The van der Waals surface area contributed by atoms with Crippen LogP contribution in [0.5, 0.6) is 11.5 Å². The van der Waals surface area contributed by atoms with Crippen molar-refractivity contribution < 1.29 is 49.7 Å². The summed E-state index contributed by atoms with van der Waals surface area (Å²) in [6.07, 6.45) is -8.90. The summed E-state index contributed by atoms with van der Waals surface area (Å²) in [4.78, 5) is 12.1. The van der Waals surface area contributed by atoms with Crippen LogP contribution in [-0.2, 0) is 15.6 Å². The van der Waals surface area contributed by atoms with Crippen molar-refractivity contribution >= 4 is 23.4 Å². The van der Waals surface area contributed by atoms with Crippen molar-refractivity contribution in [2.24, 2.45) is 0 Å². The largest absolute Gasteiger partial charge is 0.494 e. The summed E-state index contributed by atoms with van der Waals surface area (Å²) in [6, 6.07) is 14.5. The zero-order valence-corrected chi connectivity index (χ0v) is 22.6. The lowest BCUT2D eigenvalue weighted by molar-refractivity contribution is -0.284. The topological polar surface area (TPSA) is 96.8 Å². The predicted molar refractivity (Wildman–Crippen MR) is 146 cm³/mol. The highest BCUT2D eigenvalue weighted by molar-refractivity contribution is 5.87. The van der Waals surface area contributed by atoms with E-state index in [-0.39, 0.29) is 18.1 Å². The van der Waals surface area contributed by atoms with E-state index in [0.29, 0.717) is 22.5 Å². The highest BCUT2D eigenvalue weighted by Gasteiger charge is 2.56. The number of esters is 1. The van der Waals surface area contributed by atoms with Gasteiger partial charge >= 0.3 is 24.2 Å². The molecule has 0 bridgehead atoms. The average molecular weight is 614 g/mol. The third kappa shape index (κ3) is 9.55. The number of carbonyl (C=O) groups excluding carboxylic acids is 1. The standard InChI is InChI=1S/C30H28F7N2O4/c1-19(25-13-8-22(38)17-26(25)39)18-42-27(40)14-5-20-3-6-21(7-4-20)29(33,34)43-24-11-9-23(10-12-24)41-16-2-15-28(31,32)30(35,36)37/h3-14,17,19H,1-2,15-16,18,38-39H2/b14-5+. The molecule has 6 nitrogen and oxygen atoms in total. The lowest BCUT2D eigenvalue weighted by atomic mass is 10.00. The van der Waals surface area contributed by atoms with Crippen molar-refractivity contribution in [2.45, 2.75) is 37.0 Å². The van der Waals surface area contributed by atoms with Gasteiger partial charge in [-0.3, -0.25) is 0 Å². The second kappa shape index (κ2) is 13.7. The molecular formula is C30H28F7N2O4. The number of nitrogen functional groups attached to an aromatic ring is 2. The van der Waals surface area contributed by atoms with Gasteiger partial charge in [-0.2, -0.15) is 30.7 Å². The summed E-state index contributed by atoms with van der Waals surface area (Å²) in [5.41, 5.74) is 13.1. The third-order valence-corrected chi connectivity index (χ3v) is 6.02. The molecule has 0 aliphatic heterocycles. The Morgan fingerprint density at radius 1 is 0.884 bits per heavy atom. The monoisotopic (exact) mass is 613 g/mol. The lowest BCUT2D eigenvalue weighted by Gasteiger charge is -2.19. The van der Waals surface area contributed by atoms with E-state index in [1.54, 1.807) is 18.2 Å². The van der Waals surface area contributed by atoms with Gasteiger partial charge in [-0.15, -0.1) is 0 Å². The van der Waals surface area contributed by atoms with Crippen LogP contribution in [0.3, 0.4) is 0 Å². The van der Waals surface area contributed by atoms with Crippen LogP contribution in [-0.4, -0.2) is 31.3 Å². The van der Waals surface area contributed by atoms with E-state index >= 15 is 0 Å². The Morgan fingerprint density at radius 2 is 1.51 bits per heavy atom. The molecule has 0 amide bonds. The zero-order valence-electron chi connectivity index (χ0n) is 22.6. The van der Waals surface area contributed by atoms with E-state index in [2.05, 4.69) is 6.92 Å². The fraction of sp³-hybridized carbons (Fsp3) is 0.267. The molecule has 1 radical (unpaired) electrons. The molecular weight excluding hydrogens is 585 g/mol. The quantitative estimate of drug-likeness (QED) is 0.0681. The van der Waals surface area contributed by atoms with Gasteiger partial charge in [0, 0.05) is 29.8 Å². The van der Waals surface area contributed by atoms with Crippen LogP contribution in [0.1, 0.15) is 35.4 Å². The summed E-state index contributed by atoms with van der Waals surface area (Å²) < 4.78 is 107. The van der Waals surface area contributed by atoms with Gasteiger partial charge in [-0.05, 0) is 79.1 Å². The van der Waals surface area contributed by atoms with E-state index < -0.39 is 55.1 Å². The van der Waals surface area contributed by atoms with E-state index in [4.69, 9.17) is 25.7 Å². The molecule has 1 unspecified atom stereocenters. The first-order chi connectivity index (χ1) is 20.1. The van der Waals surface area contributed by atoms with Gasteiger partial charge in [0.15, 0.2) is 0 Å². The Hall–Kier alpha value is -4.42. The first kappa shape index (κ1) is 33.1. The minimum Gasteiger partial charge on any atom is -0.494 e. The molecule has 0 aliphatic carbocycles. The molecule has 0 spiro atoms. The zero-order chi connectivity index (χ0) is 31.8. The van der Waals surface area contributed by atoms with Crippen LogP contribution >= 0.6 is 0 Å². The van der Waals surface area contributed by atoms with E-state index in [0.717, 1.165) is 30.3 Å². The number of hydrogen-bond donors (Lipinski definition) is 2. The molecule has 43 heavy (non-hydrogen) atoms. The average Bonchev–Trinajstić information content (AvgIpc) is 2.93. The van der Waals surface area contributed by atoms with Crippen molar-refractivity contribution in [2.75, 3.05) is 24.7 Å². The molecule has 0 saturated heterocycles. The summed E-state index contributed by atoms with van der Waals surface area (Å²) in [5, 5.41) is 0. The van der Waals surface area contributed by atoms with Crippen molar-refractivity contribution in [1.82, 2.24) is 0 Å². The SMILES string of the molecule is [CH2]C(COC(=O)/C=C/c1ccc(C(F)(F)Oc2ccc(OCCCC(F)(F)C(F)(F)F)cc2)cc1)c1ccc(N)cc1N. The summed E-state index contributed by atoms with van der Waals surface area (Å²) in [7, 11) is 0. The molecule has 3 aromatic rings. The normalized spacial score (nSPS) is 13.1. The van der Waals surface area contributed by atoms with Gasteiger partial charge in [-0.1, -0.05) is 18.2 Å². The van der Waals surface area contributed by atoms with Gasteiger partial charge in [-0.25, -0.2) is 4.79 Å². The Balaban J connectivity index is 1.48. The Labute approximate surface area is 243 Å². The Bertz CT molecular complexity index is 1390. The van der Waals surface area contributed by atoms with Crippen molar-refractivity contribution in [3.8, 4) is 11.5 Å².